The van der Waals surface area contributed by atoms with Gasteiger partial charge in [-0.25, -0.2) is 4.98 Å². The van der Waals surface area contributed by atoms with Gasteiger partial charge in [0.15, 0.2) is 0 Å². The number of rotatable bonds is 3. The Labute approximate surface area is 129 Å². The summed E-state index contributed by atoms with van der Waals surface area (Å²) in [6.07, 6.45) is 2.22. The Morgan fingerprint density at radius 3 is 2.68 bits per heavy atom. The summed E-state index contributed by atoms with van der Waals surface area (Å²) in [4.78, 5) is 8.58. The number of hydrogen-bond acceptors (Lipinski definition) is 3. The summed E-state index contributed by atoms with van der Waals surface area (Å²) < 4.78 is 6.58. The van der Waals surface area contributed by atoms with E-state index in [1.807, 2.05) is 6.07 Å². The van der Waals surface area contributed by atoms with Gasteiger partial charge in [0, 0.05) is 16.5 Å². The van der Waals surface area contributed by atoms with Crippen LogP contribution in [-0.4, -0.2) is 9.97 Å². The normalized spacial score (nSPS) is 14.5. The van der Waals surface area contributed by atoms with Crippen LogP contribution < -0.4 is 4.74 Å². The lowest BCUT2D eigenvalue weighted by atomic mass is 10.3. The van der Waals surface area contributed by atoms with Crippen molar-refractivity contribution >= 4 is 39.1 Å². The highest BCUT2D eigenvalue weighted by molar-refractivity contribution is 9.10. The lowest BCUT2D eigenvalue weighted by Gasteiger charge is -2.08. The van der Waals surface area contributed by atoms with E-state index in [1.165, 1.54) is 0 Å². The van der Waals surface area contributed by atoms with Gasteiger partial charge in [-0.15, -0.1) is 0 Å². The third-order valence-electron chi connectivity index (χ3n) is 2.74. The first-order valence-electron chi connectivity index (χ1n) is 5.79. The maximum Gasteiger partial charge on any atom is 0.224 e. The van der Waals surface area contributed by atoms with Crippen LogP contribution in [0.1, 0.15) is 24.6 Å². The fourth-order valence-electron chi connectivity index (χ4n) is 1.66. The van der Waals surface area contributed by atoms with Gasteiger partial charge in [-0.05, 0) is 31.0 Å². The molecular formula is C13H9BrCl2N2O. The monoisotopic (exact) mass is 358 g/mol. The molecule has 1 saturated carbocycles. The van der Waals surface area contributed by atoms with E-state index in [2.05, 4.69) is 25.9 Å². The Morgan fingerprint density at radius 2 is 1.95 bits per heavy atom. The average Bonchev–Trinajstić information content (AvgIpc) is 3.17. The van der Waals surface area contributed by atoms with E-state index in [-0.39, 0.29) is 0 Å². The van der Waals surface area contributed by atoms with Gasteiger partial charge < -0.3 is 4.74 Å². The molecule has 0 bridgehead atoms. The molecule has 1 aromatic heterocycles. The smallest absolute Gasteiger partial charge is 0.224 e. The van der Waals surface area contributed by atoms with Crippen LogP contribution in [0.3, 0.4) is 0 Å². The molecular weight excluding hydrogens is 351 g/mol. The zero-order valence-electron chi connectivity index (χ0n) is 9.74. The highest BCUT2D eigenvalue weighted by Crippen LogP contribution is 2.39. The van der Waals surface area contributed by atoms with Crippen molar-refractivity contribution in [2.45, 2.75) is 18.8 Å². The number of aromatic nitrogens is 2. The van der Waals surface area contributed by atoms with Crippen LogP contribution in [-0.2, 0) is 0 Å². The van der Waals surface area contributed by atoms with Gasteiger partial charge in [-0.1, -0.05) is 39.1 Å². The summed E-state index contributed by atoms with van der Waals surface area (Å²) >= 11 is 15.4. The number of halogens is 3. The van der Waals surface area contributed by atoms with Crippen molar-refractivity contribution in [3.63, 3.8) is 0 Å². The minimum absolute atomic E-state index is 0.387. The molecule has 3 nitrogen and oxygen atoms in total. The van der Waals surface area contributed by atoms with E-state index in [0.717, 1.165) is 23.1 Å². The molecule has 0 radical (unpaired) electrons. The zero-order valence-corrected chi connectivity index (χ0v) is 12.8. The summed E-state index contributed by atoms with van der Waals surface area (Å²) in [5, 5.41) is 0.906. The van der Waals surface area contributed by atoms with Crippen molar-refractivity contribution in [1.29, 1.82) is 0 Å². The van der Waals surface area contributed by atoms with Crippen LogP contribution in [0.4, 0.5) is 0 Å². The fourth-order valence-corrected chi connectivity index (χ4v) is 2.33. The number of ether oxygens (including phenoxy) is 1. The predicted octanol–water partition coefficient (Wildman–Crippen LogP) is 5.22. The average molecular weight is 360 g/mol. The summed E-state index contributed by atoms with van der Waals surface area (Å²) in [5.41, 5.74) is 0. The Kier molecular flexibility index (Phi) is 3.65. The standard InChI is InChI=1S/C13H9BrCl2N2O/c14-8-3-4-9(15)10(5-8)19-12-6-11(16)17-13(18-12)7-1-2-7/h3-7H,1-2H2. The molecule has 0 saturated heterocycles. The van der Waals surface area contributed by atoms with Crippen molar-refractivity contribution in [1.82, 2.24) is 9.97 Å². The zero-order chi connectivity index (χ0) is 13.4. The molecule has 1 heterocycles. The van der Waals surface area contributed by atoms with Crippen LogP contribution in [0.5, 0.6) is 11.6 Å². The highest BCUT2D eigenvalue weighted by Gasteiger charge is 2.27. The maximum absolute atomic E-state index is 6.08. The minimum atomic E-state index is 0.387. The van der Waals surface area contributed by atoms with Gasteiger partial charge in [0.05, 0.1) is 5.02 Å². The quantitative estimate of drug-likeness (QED) is 0.705. The fraction of sp³-hybridized carbons (Fsp3) is 0.231. The SMILES string of the molecule is Clc1cc(Oc2cc(Br)ccc2Cl)nc(C2CC2)n1. The Bertz CT molecular complexity index is 632. The molecule has 0 atom stereocenters. The largest absolute Gasteiger partial charge is 0.437 e. The molecule has 0 unspecified atom stereocenters. The van der Waals surface area contributed by atoms with Gasteiger partial charge in [0.1, 0.15) is 16.7 Å². The summed E-state index contributed by atoms with van der Waals surface area (Å²) in [7, 11) is 0. The summed E-state index contributed by atoms with van der Waals surface area (Å²) in [6.45, 7) is 0. The third-order valence-corrected chi connectivity index (χ3v) is 3.74. The molecule has 1 aliphatic carbocycles. The summed E-state index contributed by atoms with van der Waals surface area (Å²) in [5.74, 6) is 2.11. The number of benzene rings is 1. The molecule has 1 aliphatic rings. The van der Waals surface area contributed by atoms with Crippen molar-refractivity contribution in [2.75, 3.05) is 0 Å². The molecule has 0 aliphatic heterocycles. The first-order valence-corrected chi connectivity index (χ1v) is 7.34. The van der Waals surface area contributed by atoms with Gasteiger partial charge in [0.2, 0.25) is 5.88 Å². The summed E-state index contributed by atoms with van der Waals surface area (Å²) in [6, 6.07) is 6.98. The van der Waals surface area contributed by atoms with Gasteiger partial charge in [0.25, 0.3) is 0 Å². The Balaban J connectivity index is 1.92. The van der Waals surface area contributed by atoms with E-state index in [0.29, 0.717) is 27.7 Å². The lowest BCUT2D eigenvalue weighted by molar-refractivity contribution is 0.458. The van der Waals surface area contributed by atoms with Crippen LogP contribution in [0.2, 0.25) is 10.2 Å². The van der Waals surface area contributed by atoms with Crippen molar-refractivity contribution in [3.05, 3.63) is 44.7 Å². The van der Waals surface area contributed by atoms with E-state index in [9.17, 15) is 0 Å². The van der Waals surface area contributed by atoms with E-state index in [1.54, 1.807) is 18.2 Å². The predicted molar refractivity (Wildman–Crippen MR) is 78.2 cm³/mol. The van der Waals surface area contributed by atoms with Gasteiger partial charge in [-0.3, -0.25) is 0 Å². The van der Waals surface area contributed by atoms with Gasteiger partial charge >= 0.3 is 0 Å². The molecule has 3 rings (SSSR count). The van der Waals surface area contributed by atoms with E-state index >= 15 is 0 Å². The number of nitrogens with zero attached hydrogens (tertiary/aromatic N) is 2. The molecule has 0 spiro atoms. The highest BCUT2D eigenvalue weighted by atomic mass is 79.9. The third kappa shape index (κ3) is 3.19. The Morgan fingerprint density at radius 1 is 1.16 bits per heavy atom. The van der Waals surface area contributed by atoms with Crippen LogP contribution >= 0.6 is 39.1 Å². The second-order valence-corrected chi connectivity index (χ2v) is 6.05. The molecule has 0 amide bonds. The first-order chi connectivity index (χ1) is 9.11. The van der Waals surface area contributed by atoms with E-state index in [4.69, 9.17) is 27.9 Å². The molecule has 19 heavy (non-hydrogen) atoms. The minimum Gasteiger partial charge on any atom is -0.437 e. The van der Waals surface area contributed by atoms with E-state index < -0.39 is 0 Å². The molecule has 0 N–H and O–H groups in total. The molecule has 2 aromatic rings. The van der Waals surface area contributed by atoms with Gasteiger partial charge in [-0.2, -0.15) is 4.98 Å². The second kappa shape index (κ2) is 5.27. The van der Waals surface area contributed by atoms with Crippen molar-refractivity contribution in [2.24, 2.45) is 0 Å². The maximum atomic E-state index is 6.08. The lowest BCUT2D eigenvalue weighted by Crippen LogP contribution is -1.96. The van der Waals surface area contributed by atoms with Crippen molar-refractivity contribution < 1.29 is 4.74 Å². The molecule has 98 valence electrons. The van der Waals surface area contributed by atoms with Crippen LogP contribution in [0, 0.1) is 0 Å². The van der Waals surface area contributed by atoms with Crippen molar-refractivity contribution in [3.8, 4) is 11.6 Å². The second-order valence-electron chi connectivity index (χ2n) is 4.34. The topological polar surface area (TPSA) is 35.0 Å². The first kappa shape index (κ1) is 13.2. The van der Waals surface area contributed by atoms with Crippen LogP contribution in [0.15, 0.2) is 28.7 Å². The molecule has 1 aromatic carbocycles. The van der Waals surface area contributed by atoms with Crippen LogP contribution in [0.25, 0.3) is 0 Å². The molecule has 1 fully saturated rings. The molecule has 6 heteroatoms. The Hall–Kier alpha value is -0.840. The number of hydrogen-bond donors (Lipinski definition) is 0.